The summed E-state index contributed by atoms with van der Waals surface area (Å²) in [5.41, 5.74) is 3.41. The molecule has 1 aromatic carbocycles. The summed E-state index contributed by atoms with van der Waals surface area (Å²) < 4.78 is 1.96. The van der Waals surface area contributed by atoms with E-state index >= 15 is 0 Å². The third kappa shape index (κ3) is 2.31. The second kappa shape index (κ2) is 5.28. The number of carbonyl (C=O) groups excluding carboxylic acids is 2. The number of anilines is 1. The third-order valence-electron chi connectivity index (χ3n) is 3.77. The van der Waals surface area contributed by atoms with Gasteiger partial charge < -0.3 is 9.47 Å². The lowest BCUT2D eigenvalue weighted by Gasteiger charge is -2.22. The predicted octanol–water partition coefficient (Wildman–Crippen LogP) is 1.97. The van der Waals surface area contributed by atoms with Crippen molar-refractivity contribution in [3.8, 4) is 0 Å². The maximum Gasteiger partial charge on any atom is 0.176 e. The van der Waals surface area contributed by atoms with Crippen LogP contribution in [-0.2, 0) is 13.1 Å². The number of Topliss-reactive ketones (excluding diaryl/α,β-unsaturated/α-hetero) is 1. The zero-order chi connectivity index (χ0) is 15.0. The predicted molar refractivity (Wildman–Crippen MR) is 83.1 cm³/mol. The Morgan fingerprint density at radius 3 is 2.62 bits per heavy atom. The first kappa shape index (κ1) is 13.7. The number of aromatic nitrogens is 1. The smallest absolute Gasteiger partial charge is 0.176 e. The number of rotatable bonds is 2. The molecule has 21 heavy (non-hydrogen) atoms. The first-order valence-corrected chi connectivity index (χ1v) is 6.75. The molecule has 6 heteroatoms. The normalized spacial score (nSPS) is 13.1. The molecule has 1 aromatic heterocycles. The third-order valence-corrected chi connectivity index (χ3v) is 3.77. The van der Waals surface area contributed by atoms with Gasteiger partial charge in [0.15, 0.2) is 18.8 Å². The van der Waals surface area contributed by atoms with Gasteiger partial charge in [-0.25, -0.2) is 0 Å². The summed E-state index contributed by atoms with van der Waals surface area (Å²) in [5.74, 6) is -0.231. The van der Waals surface area contributed by atoms with E-state index in [0.29, 0.717) is 18.8 Å². The number of carbonyl (C=O) groups is 2. The van der Waals surface area contributed by atoms with E-state index in [1.807, 2.05) is 34.9 Å². The monoisotopic (exact) mass is 275 g/mol. The Bertz CT molecular complexity index is 724. The highest BCUT2D eigenvalue weighted by Crippen LogP contribution is 2.29. The number of fused-ring (bicyclic) bond motifs is 2. The van der Waals surface area contributed by atoms with Gasteiger partial charge in [0.25, 0.3) is 0 Å². The van der Waals surface area contributed by atoms with Gasteiger partial charge in [-0.15, -0.1) is 0 Å². The Morgan fingerprint density at radius 2 is 1.90 bits per heavy atom. The second-order valence-electron chi connectivity index (χ2n) is 5.07. The standard InChI is InChI=1S/C15H13B2N2O2/c1-10(20)13-7-6-12-9-19(15(21)17-16)14-5-3-2-4-11(14)8-18(12)13/h2-7H,8-9H2,1H3. The van der Waals surface area contributed by atoms with Gasteiger partial charge in [0.05, 0.1) is 18.8 Å². The highest BCUT2D eigenvalue weighted by molar-refractivity contribution is 7.09. The average Bonchev–Trinajstić information content (AvgIpc) is 2.80. The lowest BCUT2D eigenvalue weighted by molar-refractivity contribution is 0.100. The van der Waals surface area contributed by atoms with Gasteiger partial charge >= 0.3 is 0 Å². The van der Waals surface area contributed by atoms with E-state index in [-0.39, 0.29) is 11.6 Å². The van der Waals surface area contributed by atoms with E-state index in [1.165, 1.54) is 0 Å². The molecule has 2 heterocycles. The minimum Gasteiger partial charge on any atom is -0.336 e. The van der Waals surface area contributed by atoms with E-state index in [4.69, 9.17) is 7.74 Å². The number of para-hydroxylation sites is 1. The van der Waals surface area contributed by atoms with Gasteiger partial charge in [-0.05, 0) is 23.8 Å². The number of nitrogens with zero attached hydrogens (tertiary/aromatic N) is 2. The summed E-state index contributed by atoms with van der Waals surface area (Å²) in [6.07, 6.45) is 0. The summed E-state index contributed by atoms with van der Waals surface area (Å²) in [7, 11) is 6.48. The number of hydrogen-bond donors (Lipinski definition) is 0. The molecule has 1 aliphatic heterocycles. The van der Waals surface area contributed by atoms with Crippen LogP contribution in [0.15, 0.2) is 36.4 Å². The molecule has 0 saturated carbocycles. The average molecular weight is 275 g/mol. The fraction of sp³-hybridized carbons (Fsp3) is 0.200. The maximum atomic E-state index is 12.1. The molecule has 3 radical (unpaired) electrons. The Labute approximate surface area is 125 Å². The largest absolute Gasteiger partial charge is 0.336 e. The van der Waals surface area contributed by atoms with Gasteiger partial charge in [0.2, 0.25) is 0 Å². The Hall–Kier alpha value is -2.23. The molecular formula is C15H13B2N2O2. The van der Waals surface area contributed by atoms with Crippen LogP contribution in [0, 0.1) is 0 Å². The highest BCUT2D eigenvalue weighted by atomic mass is 16.2. The highest BCUT2D eigenvalue weighted by Gasteiger charge is 2.24. The van der Waals surface area contributed by atoms with Crippen molar-refractivity contribution in [3.05, 3.63) is 53.3 Å². The van der Waals surface area contributed by atoms with Crippen LogP contribution in [-0.4, -0.2) is 31.1 Å². The first-order chi connectivity index (χ1) is 10.1. The van der Waals surface area contributed by atoms with Gasteiger partial charge in [0, 0.05) is 26.0 Å². The van der Waals surface area contributed by atoms with Crippen LogP contribution in [0.1, 0.15) is 28.7 Å². The molecule has 2 aromatic rings. The van der Waals surface area contributed by atoms with Gasteiger partial charge in [0.1, 0.15) is 0 Å². The van der Waals surface area contributed by atoms with Crippen LogP contribution in [0.2, 0.25) is 0 Å². The first-order valence-electron chi connectivity index (χ1n) is 6.75. The van der Waals surface area contributed by atoms with Gasteiger partial charge in [-0.1, -0.05) is 18.2 Å². The summed E-state index contributed by atoms with van der Waals surface area (Å²) >= 11 is 0. The fourth-order valence-corrected chi connectivity index (χ4v) is 2.75. The SMILES string of the molecule is [B][B]C(=O)N1Cc2ccc(C(C)=O)n2Cc2ccccc21. The Morgan fingerprint density at radius 1 is 1.14 bits per heavy atom. The van der Waals surface area contributed by atoms with Crippen molar-refractivity contribution in [3.63, 3.8) is 0 Å². The van der Waals surface area contributed by atoms with E-state index < -0.39 is 0 Å². The molecular weight excluding hydrogens is 262 g/mol. The van der Waals surface area contributed by atoms with Crippen LogP contribution in [0.3, 0.4) is 0 Å². The summed E-state index contributed by atoms with van der Waals surface area (Å²) in [6, 6.07) is 11.4. The van der Waals surface area contributed by atoms with Gasteiger partial charge in [-0.2, -0.15) is 0 Å². The Kier molecular flexibility index (Phi) is 3.45. The molecule has 0 spiro atoms. The van der Waals surface area contributed by atoms with Crippen LogP contribution in [0.5, 0.6) is 0 Å². The quantitative estimate of drug-likeness (QED) is 0.621. The van der Waals surface area contributed by atoms with Crippen LogP contribution < -0.4 is 4.90 Å². The van der Waals surface area contributed by atoms with Crippen molar-refractivity contribution in [2.45, 2.75) is 20.0 Å². The fourth-order valence-electron chi connectivity index (χ4n) is 2.75. The van der Waals surface area contributed by atoms with Gasteiger partial charge in [-0.3, -0.25) is 9.59 Å². The minimum atomic E-state index is -0.249. The molecule has 0 unspecified atom stereocenters. The lowest BCUT2D eigenvalue weighted by atomic mass is 9.55. The molecule has 0 aliphatic carbocycles. The number of ketones is 1. The number of hydrogen-bond acceptors (Lipinski definition) is 2. The van der Waals surface area contributed by atoms with Crippen molar-refractivity contribution < 1.29 is 9.59 Å². The second-order valence-corrected chi connectivity index (χ2v) is 5.07. The molecule has 0 bridgehead atoms. The van der Waals surface area contributed by atoms with Crippen molar-refractivity contribution in [2.75, 3.05) is 4.90 Å². The molecule has 0 N–H and O–H groups in total. The van der Waals surface area contributed by atoms with E-state index in [1.54, 1.807) is 17.9 Å². The van der Waals surface area contributed by atoms with Crippen LogP contribution in [0.25, 0.3) is 0 Å². The summed E-state index contributed by atoms with van der Waals surface area (Å²) in [6.45, 7) is 2.52. The van der Waals surface area contributed by atoms with E-state index in [2.05, 4.69) is 0 Å². The Balaban J connectivity index is 2.15. The van der Waals surface area contributed by atoms with E-state index in [0.717, 1.165) is 24.1 Å². The lowest BCUT2D eigenvalue weighted by Crippen LogP contribution is -2.33. The summed E-state index contributed by atoms with van der Waals surface area (Å²) in [4.78, 5) is 25.5. The molecule has 0 fully saturated rings. The topological polar surface area (TPSA) is 42.3 Å². The molecule has 1 aliphatic rings. The molecule has 1 amide bonds. The summed E-state index contributed by atoms with van der Waals surface area (Å²) in [5, 5.41) is 0. The van der Waals surface area contributed by atoms with Crippen molar-refractivity contribution in [2.24, 2.45) is 0 Å². The molecule has 101 valence electrons. The molecule has 3 rings (SSSR count). The maximum absolute atomic E-state index is 12.1. The molecule has 0 saturated heterocycles. The zero-order valence-corrected chi connectivity index (χ0v) is 11.7. The van der Waals surface area contributed by atoms with Crippen LogP contribution in [0.4, 0.5) is 10.5 Å². The van der Waals surface area contributed by atoms with Crippen molar-refractivity contribution in [1.82, 2.24) is 4.57 Å². The van der Waals surface area contributed by atoms with Crippen LogP contribution >= 0.6 is 0 Å². The van der Waals surface area contributed by atoms with E-state index in [9.17, 15) is 9.59 Å². The molecule has 4 nitrogen and oxygen atoms in total. The minimum absolute atomic E-state index is 0.0175. The zero-order valence-electron chi connectivity index (χ0n) is 11.7. The number of benzene rings is 1. The van der Waals surface area contributed by atoms with Crippen molar-refractivity contribution in [1.29, 1.82) is 0 Å². The molecule has 0 atom stereocenters. The van der Waals surface area contributed by atoms with Crippen molar-refractivity contribution >= 4 is 32.2 Å². The number of amides is 1.